The van der Waals surface area contributed by atoms with E-state index >= 15 is 0 Å². The third-order valence-electron chi connectivity index (χ3n) is 8.45. The Balaban J connectivity index is -0.00000800. The molecule has 0 fully saturated rings. The van der Waals surface area contributed by atoms with Gasteiger partial charge in [0.2, 0.25) is 0 Å². The molecule has 7 heteroatoms. The first-order valence-electron chi connectivity index (χ1n) is 18.7. The molecule has 0 rings (SSSR count). The van der Waals surface area contributed by atoms with E-state index in [-0.39, 0.29) is 58.0 Å². The Morgan fingerprint density at radius 3 is 0.651 bits per heavy atom. The Hall–Kier alpha value is 1.35. The van der Waals surface area contributed by atoms with Crippen LogP contribution >= 0.6 is 0 Å². The van der Waals surface area contributed by atoms with Crippen LogP contribution in [0.25, 0.3) is 0 Å². The third-order valence-corrected chi connectivity index (χ3v) is 9.36. The molecule has 0 aromatic rings. The zero-order valence-electron chi connectivity index (χ0n) is 28.7. The van der Waals surface area contributed by atoms with Gasteiger partial charge in [0.05, 0.1) is 13.2 Å². The van der Waals surface area contributed by atoms with Crippen LogP contribution in [-0.2, 0) is 63.5 Å². The average molecular weight is 819 g/mol. The summed E-state index contributed by atoms with van der Waals surface area (Å²) in [5.74, 6) is 0. The fourth-order valence-electron chi connectivity index (χ4n) is 5.66. The van der Waals surface area contributed by atoms with Crippen molar-refractivity contribution in [3.05, 3.63) is 0 Å². The second-order valence-corrected chi connectivity index (χ2v) is 13.9. The maximum Gasteiger partial charge on any atom is 0.399 e. The molecular formula is C36H74Ag2O4S. The van der Waals surface area contributed by atoms with Gasteiger partial charge >= 0.3 is 10.4 Å². The molecule has 0 aliphatic heterocycles. The summed E-state index contributed by atoms with van der Waals surface area (Å²) in [6.07, 6.45) is 41.8. The molecule has 0 saturated heterocycles. The standard InChI is InChI=1S/C36H74O4S.2Ag/c1-3-5-7-9-11-13-15-17-19-21-23-25-27-29-31-33-35-39-41(37,38)40-36-34-32-30-28-26-24-22-20-18-16-14-12-10-8-6-4-2;;/h3-36H2,1-2H3;;. The summed E-state index contributed by atoms with van der Waals surface area (Å²) in [5, 5.41) is 0. The van der Waals surface area contributed by atoms with Gasteiger partial charge in [0.1, 0.15) is 0 Å². The molecule has 270 valence electrons. The first kappa shape index (κ1) is 48.7. The summed E-state index contributed by atoms with van der Waals surface area (Å²) in [6, 6.07) is 0. The summed E-state index contributed by atoms with van der Waals surface area (Å²) in [6.45, 7) is 5.06. The van der Waals surface area contributed by atoms with Gasteiger partial charge in [0, 0.05) is 44.8 Å². The summed E-state index contributed by atoms with van der Waals surface area (Å²) < 4.78 is 33.9. The van der Waals surface area contributed by atoms with Crippen LogP contribution < -0.4 is 0 Å². The number of hydrogen-bond donors (Lipinski definition) is 0. The predicted octanol–water partition coefficient (Wildman–Crippen LogP) is 12.8. The summed E-state index contributed by atoms with van der Waals surface area (Å²) in [5.41, 5.74) is 0. The van der Waals surface area contributed by atoms with Crippen LogP contribution in [0.4, 0.5) is 0 Å². The summed E-state index contributed by atoms with van der Waals surface area (Å²) >= 11 is 0. The number of rotatable bonds is 36. The maximum absolute atomic E-state index is 11.9. The molecule has 0 saturated carbocycles. The summed E-state index contributed by atoms with van der Waals surface area (Å²) in [4.78, 5) is 0. The van der Waals surface area contributed by atoms with Crippen molar-refractivity contribution in [1.29, 1.82) is 0 Å². The van der Waals surface area contributed by atoms with Crippen LogP contribution in [0.1, 0.15) is 219 Å². The maximum atomic E-state index is 11.9. The van der Waals surface area contributed by atoms with Crippen molar-refractivity contribution >= 4 is 10.4 Å². The Kier molecular flexibility index (Phi) is 46.9. The van der Waals surface area contributed by atoms with Crippen LogP contribution in [0.3, 0.4) is 0 Å². The van der Waals surface area contributed by atoms with E-state index in [9.17, 15) is 8.42 Å². The van der Waals surface area contributed by atoms with Gasteiger partial charge in [-0.05, 0) is 12.8 Å². The molecule has 0 aromatic heterocycles. The zero-order valence-corrected chi connectivity index (χ0v) is 32.5. The van der Waals surface area contributed by atoms with Crippen molar-refractivity contribution in [2.24, 2.45) is 0 Å². The molecule has 0 aromatic carbocycles. The monoisotopic (exact) mass is 816 g/mol. The molecule has 0 unspecified atom stereocenters. The molecule has 0 amide bonds. The molecule has 0 aliphatic carbocycles. The van der Waals surface area contributed by atoms with E-state index in [1.807, 2.05) is 0 Å². The smallest absolute Gasteiger partial charge is 0.248 e. The van der Waals surface area contributed by atoms with Gasteiger partial charge in [-0.1, -0.05) is 206 Å². The predicted molar refractivity (Wildman–Crippen MR) is 180 cm³/mol. The van der Waals surface area contributed by atoms with Crippen LogP contribution in [0.15, 0.2) is 0 Å². The van der Waals surface area contributed by atoms with E-state index in [2.05, 4.69) is 13.8 Å². The van der Waals surface area contributed by atoms with E-state index < -0.39 is 10.4 Å². The molecule has 0 heterocycles. The topological polar surface area (TPSA) is 52.6 Å². The van der Waals surface area contributed by atoms with Gasteiger partial charge in [-0.2, -0.15) is 8.42 Å². The van der Waals surface area contributed by atoms with E-state index in [4.69, 9.17) is 8.37 Å². The van der Waals surface area contributed by atoms with Crippen LogP contribution in [-0.4, -0.2) is 21.6 Å². The van der Waals surface area contributed by atoms with E-state index in [1.54, 1.807) is 0 Å². The molecule has 0 aliphatic rings. The molecule has 4 nitrogen and oxygen atoms in total. The molecular weight excluding hydrogens is 744 g/mol. The van der Waals surface area contributed by atoms with Crippen molar-refractivity contribution < 1.29 is 61.5 Å². The molecule has 0 bridgehead atoms. The van der Waals surface area contributed by atoms with Gasteiger partial charge in [-0.15, -0.1) is 0 Å². The van der Waals surface area contributed by atoms with Gasteiger partial charge < -0.3 is 0 Å². The minimum Gasteiger partial charge on any atom is -0.248 e. The van der Waals surface area contributed by atoms with Crippen molar-refractivity contribution in [2.75, 3.05) is 13.2 Å². The van der Waals surface area contributed by atoms with E-state index in [0.29, 0.717) is 0 Å². The summed E-state index contributed by atoms with van der Waals surface area (Å²) in [7, 11) is -3.82. The van der Waals surface area contributed by atoms with Crippen LogP contribution in [0.5, 0.6) is 0 Å². The Bertz CT molecular complexity index is 546. The number of hydrogen-bond acceptors (Lipinski definition) is 4. The number of unbranched alkanes of at least 4 members (excludes halogenated alkanes) is 30. The minimum atomic E-state index is -3.82. The van der Waals surface area contributed by atoms with Crippen LogP contribution in [0, 0.1) is 0 Å². The van der Waals surface area contributed by atoms with E-state index in [0.717, 1.165) is 25.7 Å². The average Bonchev–Trinajstić information content (AvgIpc) is 2.96. The Labute approximate surface area is 302 Å². The largest absolute Gasteiger partial charge is 0.399 e. The van der Waals surface area contributed by atoms with E-state index in [1.165, 1.54) is 180 Å². The van der Waals surface area contributed by atoms with Crippen molar-refractivity contribution in [1.82, 2.24) is 0 Å². The molecule has 2 radical (unpaired) electrons. The zero-order chi connectivity index (χ0) is 30.0. The SMILES string of the molecule is CCCCCCCCCCCCCCCCCCOS(=O)(=O)OCCCCCCCCCCCCCCCCCC.[Ag].[Ag]. The fourth-order valence-corrected chi connectivity index (χ4v) is 6.37. The second kappa shape index (κ2) is 41.4. The van der Waals surface area contributed by atoms with Gasteiger partial charge in [-0.25, -0.2) is 8.37 Å². The third kappa shape index (κ3) is 43.4. The Morgan fingerprint density at radius 1 is 0.302 bits per heavy atom. The van der Waals surface area contributed by atoms with Crippen molar-refractivity contribution in [3.63, 3.8) is 0 Å². The quantitative estimate of drug-likeness (QED) is 0.0467. The molecule has 0 spiro atoms. The van der Waals surface area contributed by atoms with Crippen LogP contribution in [0.2, 0.25) is 0 Å². The molecule has 0 N–H and O–H groups in total. The van der Waals surface area contributed by atoms with Gasteiger partial charge in [-0.3, -0.25) is 0 Å². The molecule has 0 atom stereocenters. The van der Waals surface area contributed by atoms with Crippen molar-refractivity contribution in [3.8, 4) is 0 Å². The fraction of sp³-hybridized carbons (Fsp3) is 1.00. The van der Waals surface area contributed by atoms with Crippen molar-refractivity contribution in [2.45, 2.75) is 219 Å². The minimum absolute atomic E-state index is 0. The Morgan fingerprint density at radius 2 is 0.465 bits per heavy atom. The molecule has 43 heavy (non-hydrogen) atoms. The normalized spacial score (nSPS) is 11.4. The van der Waals surface area contributed by atoms with Gasteiger partial charge in [0.15, 0.2) is 0 Å². The first-order valence-corrected chi connectivity index (χ1v) is 20.0. The van der Waals surface area contributed by atoms with Gasteiger partial charge in [0.25, 0.3) is 0 Å². The first-order chi connectivity index (χ1) is 20.1. The second-order valence-electron chi connectivity index (χ2n) is 12.7.